The summed E-state index contributed by atoms with van der Waals surface area (Å²) < 4.78 is 0. The van der Waals surface area contributed by atoms with E-state index in [1.165, 1.54) is 16.2 Å². The number of carbonyl (C=O) groups excluding carboxylic acids is 1. The third-order valence-corrected chi connectivity index (χ3v) is 4.14. The Morgan fingerprint density at radius 1 is 1.43 bits per heavy atom. The van der Waals surface area contributed by atoms with E-state index in [0.717, 1.165) is 21.8 Å². The average Bonchev–Trinajstić information content (AvgIpc) is 2.95. The lowest BCUT2D eigenvalue weighted by atomic mass is 10.1. The van der Waals surface area contributed by atoms with Crippen molar-refractivity contribution >= 4 is 17.2 Å². The molecule has 2 rings (SSSR count). The molecule has 3 N–H and O–H groups in total. The van der Waals surface area contributed by atoms with Crippen molar-refractivity contribution in [3.8, 4) is 10.6 Å². The number of aromatic nitrogens is 1. The van der Waals surface area contributed by atoms with Crippen molar-refractivity contribution in [1.29, 1.82) is 0 Å². The Hall–Kier alpha value is -1.76. The Kier molecular flexibility index (Phi) is 5.44. The van der Waals surface area contributed by atoms with E-state index in [1.807, 2.05) is 29.6 Å². The Morgan fingerprint density at radius 2 is 2.19 bits per heavy atom. The van der Waals surface area contributed by atoms with Crippen molar-refractivity contribution in [1.82, 2.24) is 9.88 Å². The third-order valence-electron chi connectivity index (χ3n) is 3.21. The summed E-state index contributed by atoms with van der Waals surface area (Å²) >= 11 is 1.51. The zero-order valence-corrected chi connectivity index (χ0v) is 12.8. The van der Waals surface area contributed by atoms with Crippen LogP contribution >= 0.6 is 11.3 Å². The third kappa shape index (κ3) is 3.87. The van der Waals surface area contributed by atoms with Crippen LogP contribution in [0.2, 0.25) is 0 Å². The summed E-state index contributed by atoms with van der Waals surface area (Å²) in [4.78, 5) is 18.0. The number of hydrogen-bond acceptors (Lipinski definition) is 5. The van der Waals surface area contributed by atoms with Gasteiger partial charge in [0.1, 0.15) is 5.01 Å². The summed E-state index contributed by atoms with van der Waals surface area (Å²) in [5.74, 6) is -0.0481. The van der Waals surface area contributed by atoms with Gasteiger partial charge in [0.05, 0.1) is 18.7 Å². The smallest absolute Gasteiger partial charge is 0.228 e. The summed E-state index contributed by atoms with van der Waals surface area (Å²) in [6, 6.07) is 7.88. The van der Waals surface area contributed by atoms with Crippen LogP contribution in [-0.2, 0) is 17.8 Å². The molecule has 1 amide bonds. The monoisotopic (exact) mass is 305 g/mol. The van der Waals surface area contributed by atoms with E-state index in [1.54, 1.807) is 7.05 Å². The highest BCUT2D eigenvalue weighted by atomic mass is 32.1. The molecule has 0 bridgehead atoms. The highest BCUT2D eigenvalue weighted by Crippen LogP contribution is 2.27. The van der Waals surface area contributed by atoms with Crippen molar-refractivity contribution in [2.45, 2.75) is 13.0 Å². The number of aliphatic hydroxyl groups is 1. The van der Waals surface area contributed by atoms with Crippen LogP contribution in [0.25, 0.3) is 10.6 Å². The van der Waals surface area contributed by atoms with E-state index >= 15 is 0 Å². The lowest BCUT2D eigenvalue weighted by Gasteiger charge is -2.14. The second-order valence-corrected chi connectivity index (χ2v) is 5.58. The van der Waals surface area contributed by atoms with Crippen LogP contribution in [0.4, 0.5) is 0 Å². The molecule has 0 aliphatic heterocycles. The highest BCUT2D eigenvalue weighted by Gasteiger charge is 2.13. The first kappa shape index (κ1) is 15.6. The van der Waals surface area contributed by atoms with Gasteiger partial charge in [-0.3, -0.25) is 4.79 Å². The molecule has 5 nitrogen and oxygen atoms in total. The number of aliphatic hydroxyl groups excluding tert-OH is 1. The Labute approximate surface area is 128 Å². The predicted molar refractivity (Wildman–Crippen MR) is 83.9 cm³/mol. The first-order valence-electron chi connectivity index (χ1n) is 6.73. The molecule has 6 heteroatoms. The molecule has 1 aromatic carbocycles. The van der Waals surface area contributed by atoms with E-state index in [4.69, 9.17) is 10.8 Å². The molecule has 0 atom stereocenters. The van der Waals surface area contributed by atoms with Gasteiger partial charge in [0.15, 0.2) is 0 Å². The molecule has 0 saturated heterocycles. The predicted octanol–water partition coefficient (Wildman–Crippen LogP) is 1.26. The van der Waals surface area contributed by atoms with Crippen LogP contribution in [0.1, 0.15) is 11.3 Å². The van der Waals surface area contributed by atoms with Crippen molar-refractivity contribution in [2.24, 2.45) is 5.73 Å². The fourth-order valence-electron chi connectivity index (χ4n) is 1.98. The van der Waals surface area contributed by atoms with E-state index in [9.17, 15) is 4.79 Å². The van der Waals surface area contributed by atoms with Gasteiger partial charge in [0.25, 0.3) is 0 Å². The number of carbonyl (C=O) groups is 1. The fraction of sp³-hybridized carbons (Fsp3) is 0.333. The van der Waals surface area contributed by atoms with Crippen LogP contribution in [0.3, 0.4) is 0 Å². The molecule has 0 unspecified atom stereocenters. The Balaban J connectivity index is 2.13. The maximum absolute atomic E-state index is 11.9. The lowest BCUT2D eigenvalue weighted by Crippen LogP contribution is -2.30. The minimum absolute atomic E-state index is 0.0333. The molecule has 1 heterocycles. The first-order valence-corrected chi connectivity index (χ1v) is 7.61. The van der Waals surface area contributed by atoms with E-state index in [-0.39, 0.29) is 18.9 Å². The molecule has 21 heavy (non-hydrogen) atoms. The SMILES string of the molecule is CN(CCO)C(=O)Cc1csc(-c2ccccc2CN)n1. The largest absolute Gasteiger partial charge is 0.395 e. The van der Waals surface area contributed by atoms with E-state index in [0.29, 0.717) is 13.1 Å². The molecule has 0 spiro atoms. The molecule has 0 saturated carbocycles. The number of nitrogens with zero attached hydrogens (tertiary/aromatic N) is 2. The number of nitrogens with two attached hydrogens (primary N) is 1. The fourth-order valence-corrected chi connectivity index (χ4v) is 2.86. The van der Waals surface area contributed by atoms with E-state index in [2.05, 4.69) is 4.98 Å². The maximum Gasteiger partial charge on any atom is 0.228 e. The highest BCUT2D eigenvalue weighted by molar-refractivity contribution is 7.13. The second-order valence-electron chi connectivity index (χ2n) is 4.72. The van der Waals surface area contributed by atoms with Gasteiger partial charge in [-0.1, -0.05) is 24.3 Å². The number of thiazole rings is 1. The van der Waals surface area contributed by atoms with Crippen LogP contribution in [-0.4, -0.2) is 41.1 Å². The molecule has 1 aromatic heterocycles. The summed E-state index contributed by atoms with van der Waals surface area (Å²) in [6.07, 6.45) is 0.248. The number of benzene rings is 1. The van der Waals surface area contributed by atoms with Crippen molar-refractivity contribution in [2.75, 3.05) is 20.2 Å². The number of likely N-dealkylation sites (N-methyl/N-ethyl adjacent to an activating group) is 1. The topological polar surface area (TPSA) is 79.5 Å². The minimum atomic E-state index is -0.0481. The van der Waals surface area contributed by atoms with Crippen LogP contribution < -0.4 is 5.73 Å². The van der Waals surface area contributed by atoms with E-state index < -0.39 is 0 Å². The van der Waals surface area contributed by atoms with Gasteiger partial charge in [0.2, 0.25) is 5.91 Å². The summed E-state index contributed by atoms with van der Waals surface area (Å²) in [6.45, 7) is 0.767. The Bertz CT molecular complexity index is 612. The maximum atomic E-state index is 11.9. The number of amides is 1. The molecule has 0 aliphatic carbocycles. The molecule has 0 radical (unpaired) electrons. The van der Waals surface area contributed by atoms with Gasteiger partial charge < -0.3 is 15.7 Å². The Morgan fingerprint density at radius 3 is 2.90 bits per heavy atom. The minimum Gasteiger partial charge on any atom is -0.395 e. The van der Waals surface area contributed by atoms with Gasteiger partial charge in [-0.25, -0.2) is 4.98 Å². The van der Waals surface area contributed by atoms with Gasteiger partial charge in [0, 0.05) is 31.1 Å². The number of hydrogen-bond donors (Lipinski definition) is 2. The summed E-state index contributed by atoms with van der Waals surface area (Å²) in [7, 11) is 1.68. The van der Waals surface area contributed by atoms with Crippen LogP contribution in [0.15, 0.2) is 29.6 Å². The zero-order valence-electron chi connectivity index (χ0n) is 12.0. The van der Waals surface area contributed by atoms with Crippen LogP contribution in [0.5, 0.6) is 0 Å². The van der Waals surface area contributed by atoms with Crippen LogP contribution in [0, 0.1) is 0 Å². The molecular formula is C15H19N3O2S. The molecule has 0 fully saturated rings. The zero-order chi connectivity index (χ0) is 15.2. The number of rotatable bonds is 6. The molecular weight excluding hydrogens is 286 g/mol. The quantitative estimate of drug-likeness (QED) is 0.842. The van der Waals surface area contributed by atoms with Gasteiger partial charge >= 0.3 is 0 Å². The van der Waals surface area contributed by atoms with Gasteiger partial charge in [-0.05, 0) is 5.56 Å². The molecule has 112 valence electrons. The normalized spacial score (nSPS) is 10.6. The lowest BCUT2D eigenvalue weighted by molar-refractivity contribution is -0.129. The summed E-state index contributed by atoms with van der Waals surface area (Å²) in [5, 5.41) is 11.6. The van der Waals surface area contributed by atoms with Gasteiger partial charge in [-0.15, -0.1) is 11.3 Å². The first-order chi connectivity index (χ1) is 10.2. The summed E-state index contributed by atoms with van der Waals surface area (Å²) in [5.41, 5.74) is 8.55. The van der Waals surface area contributed by atoms with Crippen molar-refractivity contribution in [3.05, 3.63) is 40.9 Å². The van der Waals surface area contributed by atoms with Gasteiger partial charge in [-0.2, -0.15) is 0 Å². The molecule has 0 aliphatic rings. The molecule has 2 aromatic rings. The standard InChI is InChI=1S/C15H19N3O2S/c1-18(6-7-19)14(20)8-12-10-21-15(17-12)13-5-3-2-4-11(13)9-16/h2-5,10,19H,6-9,16H2,1H3. The average molecular weight is 305 g/mol. The van der Waals surface area contributed by atoms with Crippen molar-refractivity contribution < 1.29 is 9.90 Å². The second kappa shape index (κ2) is 7.31. The van der Waals surface area contributed by atoms with Crippen molar-refractivity contribution in [3.63, 3.8) is 0 Å².